The molecule has 0 aromatic carbocycles. The normalized spacial score (nSPS) is 14.4. The van der Waals surface area contributed by atoms with Crippen molar-refractivity contribution in [2.45, 2.75) is 83.3 Å². The third kappa shape index (κ3) is 21.1. The Hall–Kier alpha value is -4.53. The zero-order valence-electron chi connectivity index (χ0n) is 33.7. The number of thiol groups is 1. The fraction of sp³-hybridized carbons (Fsp3) is 0.667. The molecule has 8 amide bonds. The van der Waals surface area contributed by atoms with Crippen molar-refractivity contribution < 1.29 is 71.8 Å². The number of phosphoric ester groups is 1. The zero-order chi connectivity index (χ0) is 45.6. The molecule has 0 radical (unpaired) electrons. The van der Waals surface area contributed by atoms with Crippen LogP contribution in [0, 0.1) is 5.92 Å². The first-order valence-corrected chi connectivity index (χ1v) is 20.7. The van der Waals surface area contributed by atoms with Crippen LogP contribution in [0.5, 0.6) is 0 Å². The maximum Gasteiger partial charge on any atom is 0.469 e. The minimum atomic E-state index is -5.13. The van der Waals surface area contributed by atoms with E-state index in [4.69, 9.17) is 30.7 Å². The second-order valence-electron chi connectivity index (χ2n) is 13.5. The van der Waals surface area contributed by atoms with Gasteiger partial charge < -0.3 is 67.4 Å². The molecule has 1 rings (SSSR count). The monoisotopic (exact) mass is 896 g/mol. The third-order valence-corrected chi connectivity index (χ3v) is 9.03. The summed E-state index contributed by atoms with van der Waals surface area (Å²) in [5.74, 6) is -6.97. The third-order valence-electron chi connectivity index (χ3n) is 8.03. The largest absolute Gasteiger partial charge is 0.469 e. The van der Waals surface area contributed by atoms with Crippen molar-refractivity contribution in [1.29, 1.82) is 0 Å². The van der Waals surface area contributed by atoms with E-state index in [1.54, 1.807) is 13.8 Å². The molecule has 60 heavy (non-hydrogen) atoms. The van der Waals surface area contributed by atoms with Crippen molar-refractivity contribution >= 4 is 67.7 Å². The predicted octanol–water partition coefficient (Wildman–Crippen LogP) is -4.92. The molecule has 6 atom stereocenters. The second kappa shape index (κ2) is 27.3. The number of primary amides is 1. The van der Waals surface area contributed by atoms with Gasteiger partial charge in [0.2, 0.25) is 47.3 Å². The highest BCUT2D eigenvalue weighted by molar-refractivity contribution is 7.80. The van der Waals surface area contributed by atoms with Gasteiger partial charge in [0.05, 0.1) is 51.6 Å². The maximum atomic E-state index is 13.7. The molecule has 27 heteroatoms. The number of hydrogen-bond acceptors (Lipinski definition) is 16. The van der Waals surface area contributed by atoms with E-state index in [-0.39, 0.29) is 75.6 Å². The number of imide groups is 1. The molecule has 25 nitrogen and oxygen atoms in total. The van der Waals surface area contributed by atoms with Gasteiger partial charge in [-0.05, 0) is 19.3 Å². The number of nitrogens with one attached hydrogen (secondary N) is 6. The number of H-pyrrole nitrogens is 1. The Morgan fingerprint density at radius 3 is 2.03 bits per heavy atom. The van der Waals surface area contributed by atoms with Gasteiger partial charge in [0.25, 0.3) is 0 Å². The number of aliphatic hydroxyl groups excluding tert-OH is 1. The lowest BCUT2D eigenvalue weighted by Crippen LogP contribution is -2.61. The summed E-state index contributed by atoms with van der Waals surface area (Å²) in [6.45, 7) is 4.28. The summed E-state index contributed by atoms with van der Waals surface area (Å²) in [5.41, 5.74) is 10.8. The van der Waals surface area contributed by atoms with Gasteiger partial charge in [-0.15, -0.1) is 0 Å². The van der Waals surface area contributed by atoms with E-state index in [2.05, 4.69) is 53.7 Å². The molecule has 0 aliphatic rings. The summed E-state index contributed by atoms with van der Waals surface area (Å²) in [6, 6.07) is -7.16. The number of amides is 8. The number of aromatic nitrogens is 2. The molecule has 0 spiro atoms. The van der Waals surface area contributed by atoms with Crippen LogP contribution in [-0.4, -0.2) is 165 Å². The van der Waals surface area contributed by atoms with E-state index in [0.29, 0.717) is 4.90 Å². The molecule has 0 fully saturated rings. The van der Waals surface area contributed by atoms with Crippen molar-refractivity contribution in [2.24, 2.45) is 17.4 Å². The van der Waals surface area contributed by atoms with E-state index in [0.717, 1.165) is 13.8 Å². The van der Waals surface area contributed by atoms with Crippen LogP contribution in [0.1, 0.15) is 46.4 Å². The van der Waals surface area contributed by atoms with Gasteiger partial charge in [-0.1, -0.05) is 13.8 Å². The van der Waals surface area contributed by atoms with Crippen molar-refractivity contribution in [1.82, 2.24) is 41.5 Å². The van der Waals surface area contributed by atoms with Crippen molar-refractivity contribution in [3.63, 3.8) is 0 Å². The van der Waals surface area contributed by atoms with Crippen LogP contribution in [0.2, 0.25) is 0 Å². The molecule has 0 aliphatic carbocycles. The SMILES string of the molecule is CC(=O)N(CC(=O)N[C@@H](CC(C)C)C(=O)N[C@@H](Cc1ncc[nH]1)C(=O)N[C@@H](CO)C(=O)N[C@H](C(N)=O)[C@@H](C)OP(=O)(O)O)C(=O)CCOCCOCCNC(=O)[C@@H](N)CS. The van der Waals surface area contributed by atoms with Gasteiger partial charge in [-0.3, -0.25) is 47.8 Å². The quantitative estimate of drug-likeness (QED) is 0.0204. The number of rotatable bonds is 29. The predicted molar refractivity (Wildman–Crippen MR) is 212 cm³/mol. The topological polar surface area (TPSA) is 386 Å². The zero-order valence-corrected chi connectivity index (χ0v) is 35.4. The minimum absolute atomic E-state index is 0.0250. The molecule has 0 saturated carbocycles. The molecule has 0 aliphatic heterocycles. The van der Waals surface area contributed by atoms with Crippen LogP contribution < -0.4 is 38.1 Å². The summed E-state index contributed by atoms with van der Waals surface area (Å²) in [6.07, 6.45) is 0.601. The average molecular weight is 897 g/mol. The Morgan fingerprint density at radius 1 is 0.900 bits per heavy atom. The number of aromatic amines is 1. The fourth-order valence-corrected chi connectivity index (χ4v) is 5.76. The number of ether oxygens (including phenoxy) is 2. The second-order valence-corrected chi connectivity index (χ2v) is 15.1. The van der Waals surface area contributed by atoms with Gasteiger partial charge in [-0.2, -0.15) is 12.6 Å². The molecule has 1 aromatic rings. The first-order chi connectivity index (χ1) is 28.1. The van der Waals surface area contributed by atoms with Gasteiger partial charge >= 0.3 is 7.82 Å². The van der Waals surface area contributed by atoms with E-state index < -0.39 is 98.6 Å². The van der Waals surface area contributed by atoms with Gasteiger partial charge in [0, 0.05) is 38.0 Å². The van der Waals surface area contributed by atoms with Gasteiger partial charge in [0.1, 0.15) is 36.5 Å². The first-order valence-electron chi connectivity index (χ1n) is 18.5. The molecule has 0 saturated heterocycles. The molecule has 1 heterocycles. The van der Waals surface area contributed by atoms with Crippen LogP contribution in [0.25, 0.3) is 0 Å². The Labute approximate surface area is 351 Å². The molecular formula is C33H57N10O15PS. The molecule has 0 unspecified atom stereocenters. The fourth-order valence-electron chi connectivity index (χ4n) is 5.04. The van der Waals surface area contributed by atoms with E-state index in [9.17, 15) is 48.0 Å². The van der Waals surface area contributed by atoms with Crippen LogP contribution in [0.3, 0.4) is 0 Å². The van der Waals surface area contributed by atoms with Crippen LogP contribution in [0.15, 0.2) is 12.4 Å². The number of hydrogen-bond donors (Lipinski definition) is 12. The minimum Gasteiger partial charge on any atom is -0.394 e. The Balaban J connectivity index is 2.95. The van der Waals surface area contributed by atoms with Gasteiger partial charge in [0.15, 0.2) is 0 Å². The smallest absolute Gasteiger partial charge is 0.394 e. The summed E-state index contributed by atoms with van der Waals surface area (Å²) in [4.78, 5) is 128. The van der Waals surface area contributed by atoms with Crippen LogP contribution in [0.4, 0.5) is 0 Å². The Morgan fingerprint density at radius 2 is 1.50 bits per heavy atom. The number of phosphoric acid groups is 1. The lowest BCUT2D eigenvalue weighted by Gasteiger charge is -2.27. The summed E-state index contributed by atoms with van der Waals surface area (Å²) >= 11 is 3.95. The lowest BCUT2D eigenvalue weighted by atomic mass is 10.0. The van der Waals surface area contributed by atoms with E-state index in [1.165, 1.54) is 12.4 Å². The Kier molecular flexibility index (Phi) is 24.4. The standard InChI is InChI=1S/C33H57N10O15PS/c1-18(2)13-22(39-26(46)15-43(20(4)45)27(47)5-9-56-11-12-57-10-8-38-30(49)21(34)17-60)31(50)40-23(14-25-36-6-7-37-25)32(51)41-24(16-44)33(52)42-28(29(35)48)19(3)58-59(53,54)55/h6-7,18-19,21-24,28,44,60H,5,8-17,34H2,1-4H3,(H2,35,48)(H,36,37)(H,38,49)(H,39,46)(H,40,50)(H,41,51)(H,42,52)(H2,53,54,55)/t19-,21+,22+,23+,24+,28+/m1/s1. The lowest BCUT2D eigenvalue weighted by molar-refractivity contribution is -0.147. The Bertz CT molecular complexity index is 1630. The summed E-state index contributed by atoms with van der Waals surface area (Å²) < 4.78 is 26.4. The van der Waals surface area contributed by atoms with Crippen LogP contribution in [-0.2, 0) is 63.3 Å². The first kappa shape index (κ1) is 53.5. The number of nitrogens with zero attached hydrogens (tertiary/aromatic N) is 2. The highest BCUT2D eigenvalue weighted by atomic mass is 32.1. The number of carbonyl (C=O) groups excluding carboxylic acids is 8. The van der Waals surface area contributed by atoms with Crippen molar-refractivity contribution in [2.75, 3.05) is 51.9 Å². The van der Waals surface area contributed by atoms with Crippen molar-refractivity contribution in [3.8, 4) is 0 Å². The molecule has 0 bridgehead atoms. The molecule has 340 valence electrons. The number of nitrogens with two attached hydrogens (primary N) is 2. The number of aliphatic hydroxyl groups is 1. The number of imidazole rings is 1. The molecule has 1 aromatic heterocycles. The number of carbonyl (C=O) groups is 8. The maximum absolute atomic E-state index is 13.7. The molecule has 13 N–H and O–H groups in total. The average Bonchev–Trinajstić information content (AvgIpc) is 3.68. The molecular weight excluding hydrogens is 839 g/mol. The van der Waals surface area contributed by atoms with Crippen molar-refractivity contribution in [3.05, 3.63) is 18.2 Å². The highest BCUT2D eigenvalue weighted by Gasteiger charge is 2.35. The van der Waals surface area contributed by atoms with Gasteiger partial charge in [-0.25, -0.2) is 9.55 Å². The van der Waals surface area contributed by atoms with E-state index >= 15 is 0 Å². The van der Waals surface area contributed by atoms with E-state index in [1.807, 2.05) is 0 Å². The van der Waals surface area contributed by atoms with Crippen LogP contribution >= 0.6 is 20.5 Å². The summed E-state index contributed by atoms with van der Waals surface area (Å²) in [7, 11) is -5.13. The highest BCUT2D eigenvalue weighted by Crippen LogP contribution is 2.38. The summed E-state index contributed by atoms with van der Waals surface area (Å²) in [5, 5.41) is 21.8.